The molecular weight excluding hydrogens is 171 g/mol. The molecule has 0 heterocycles. The van der Waals surface area contributed by atoms with Crippen molar-refractivity contribution in [1.82, 2.24) is 0 Å². The molecule has 2 nitrogen and oxygen atoms in total. The molecule has 0 N–H and O–H groups in total. The van der Waals surface area contributed by atoms with E-state index in [2.05, 4.69) is 0 Å². The van der Waals surface area contributed by atoms with Crippen LogP contribution >= 0.6 is 23.2 Å². The maximum Gasteiger partial charge on any atom is 0.0592 e. The van der Waals surface area contributed by atoms with Crippen LogP contribution in [0, 0.1) is 10.8 Å². The molecule has 4 heteroatoms. The molecule has 0 bridgehead atoms. The molecule has 0 spiro atoms. The van der Waals surface area contributed by atoms with Gasteiger partial charge in [0.05, 0.1) is 10.0 Å². The van der Waals surface area contributed by atoms with Gasteiger partial charge in [-0.05, 0) is 12.1 Å². The van der Waals surface area contributed by atoms with E-state index in [9.17, 15) is 0 Å². The Bertz CT molecular complexity index is 201. The van der Waals surface area contributed by atoms with Gasteiger partial charge in [0.1, 0.15) is 0 Å². The number of halogens is 2. The SMILES string of the molecule is Clc1ccccc1Cl.N#N. The summed E-state index contributed by atoms with van der Waals surface area (Å²) in [5.74, 6) is 0. The molecule has 0 aliphatic rings. The lowest BCUT2D eigenvalue weighted by atomic mass is 10.4. The largest absolute Gasteiger partial charge is 0.0827 e. The van der Waals surface area contributed by atoms with Crippen LogP contribution in [0.4, 0.5) is 0 Å². The molecule has 0 aliphatic carbocycles. The van der Waals surface area contributed by atoms with Crippen molar-refractivity contribution in [3.63, 3.8) is 0 Å². The molecule has 10 heavy (non-hydrogen) atoms. The first kappa shape index (κ1) is 9.22. The molecule has 0 aliphatic heterocycles. The molecule has 0 atom stereocenters. The van der Waals surface area contributed by atoms with E-state index in [1.165, 1.54) is 0 Å². The molecule has 0 fully saturated rings. The lowest BCUT2D eigenvalue weighted by molar-refractivity contribution is 1.15. The van der Waals surface area contributed by atoms with Crippen LogP contribution in [-0.4, -0.2) is 0 Å². The Kier molecular flexibility index (Phi) is 4.65. The van der Waals surface area contributed by atoms with Crippen LogP contribution in [0.2, 0.25) is 10.0 Å². The van der Waals surface area contributed by atoms with Crippen LogP contribution in [0.15, 0.2) is 24.3 Å². The molecule has 0 radical (unpaired) electrons. The number of hydrogen-bond acceptors (Lipinski definition) is 2. The lowest BCUT2D eigenvalue weighted by Crippen LogP contribution is -1.62. The van der Waals surface area contributed by atoms with Crippen LogP contribution in [0.25, 0.3) is 0 Å². The van der Waals surface area contributed by atoms with Crippen LogP contribution < -0.4 is 0 Å². The van der Waals surface area contributed by atoms with Crippen molar-refractivity contribution in [2.45, 2.75) is 0 Å². The fourth-order valence-electron chi connectivity index (χ4n) is 0.439. The van der Waals surface area contributed by atoms with E-state index in [1.807, 2.05) is 12.1 Å². The Morgan fingerprint density at radius 2 is 1.20 bits per heavy atom. The third kappa shape index (κ3) is 2.67. The summed E-state index contributed by atoms with van der Waals surface area (Å²) in [6, 6.07) is 7.19. The zero-order valence-electron chi connectivity index (χ0n) is 4.96. The van der Waals surface area contributed by atoms with Gasteiger partial charge in [0.25, 0.3) is 0 Å². The average Bonchev–Trinajstić information content (AvgIpc) is 2.00. The molecule has 0 unspecified atom stereocenters. The highest BCUT2D eigenvalue weighted by molar-refractivity contribution is 6.41. The minimum atomic E-state index is 0.606. The van der Waals surface area contributed by atoms with Crippen LogP contribution in [0.5, 0.6) is 0 Å². The second-order valence-corrected chi connectivity index (χ2v) is 2.23. The first-order chi connectivity index (χ1) is 4.80. The highest BCUT2D eigenvalue weighted by Crippen LogP contribution is 2.19. The predicted octanol–water partition coefficient (Wildman–Crippen LogP) is 3.02. The fourth-order valence-corrected chi connectivity index (χ4v) is 0.711. The van der Waals surface area contributed by atoms with E-state index in [4.69, 9.17) is 34.0 Å². The molecule has 52 valence electrons. The fraction of sp³-hybridized carbons (Fsp3) is 0. The van der Waals surface area contributed by atoms with Crippen molar-refractivity contribution in [1.29, 1.82) is 10.8 Å². The van der Waals surface area contributed by atoms with Gasteiger partial charge in [-0.1, -0.05) is 35.3 Å². The minimum absolute atomic E-state index is 0.606. The molecule has 1 aromatic carbocycles. The summed E-state index contributed by atoms with van der Waals surface area (Å²) in [5, 5.41) is 13.2. The summed E-state index contributed by atoms with van der Waals surface area (Å²) >= 11 is 11.2. The predicted molar refractivity (Wildman–Crippen MR) is 39.9 cm³/mol. The van der Waals surface area contributed by atoms with Crippen molar-refractivity contribution in [2.24, 2.45) is 0 Å². The summed E-state index contributed by atoms with van der Waals surface area (Å²) in [6.45, 7) is 0. The molecular formula is C6H4Cl2N2. The molecule has 0 amide bonds. The number of benzene rings is 1. The summed E-state index contributed by atoms with van der Waals surface area (Å²) in [6.07, 6.45) is 0. The van der Waals surface area contributed by atoms with Gasteiger partial charge in [-0.3, -0.25) is 0 Å². The van der Waals surface area contributed by atoms with Gasteiger partial charge in [-0.15, -0.1) is 0 Å². The van der Waals surface area contributed by atoms with Crippen molar-refractivity contribution in [3.8, 4) is 0 Å². The van der Waals surface area contributed by atoms with Crippen molar-refractivity contribution < 1.29 is 0 Å². The Morgan fingerprint density at radius 1 is 0.900 bits per heavy atom. The van der Waals surface area contributed by atoms with Gasteiger partial charge in [0, 0.05) is 10.8 Å². The van der Waals surface area contributed by atoms with Crippen LogP contribution in [0.3, 0.4) is 0 Å². The minimum Gasteiger partial charge on any atom is -0.0827 e. The van der Waals surface area contributed by atoms with E-state index in [0.717, 1.165) is 0 Å². The van der Waals surface area contributed by atoms with E-state index in [-0.39, 0.29) is 0 Å². The summed E-state index contributed by atoms with van der Waals surface area (Å²) in [5.41, 5.74) is 0. The maximum atomic E-state index is 6.00. The molecule has 1 aromatic rings. The van der Waals surface area contributed by atoms with Gasteiger partial charge >= 0.3 is 0 Å². The Morgan fingerprint density at radius 3 is 1.40 bits per heavy atom. The first-order valence-corrected chi connectivity index (χ1v) is 3.16. The Labute approximate surface area is 68.8 Å². The summed E-state index contributed by atoms with van der Waals surface area (Å²) in [4.78, 5) is 0. The quantitative estimate of drug-likeness (QED) is 0.569. The molecule has 0 saturated carbocycles. The van der Waals surface area contributed by atoms with E-state index in [0.29, 0.717) is 10.0 Å². The number of nitrogens with zero attached hydrogens (tertiary/aromatic N) is 2. The standard InChI is InChI=1S/C6H4Cl2.N2/c7-5-3-1-2-4-6(5)8;1-2/h1-4H;. The molecule has 0 aromatic heterocycles. The number of hydrogen-bond donors (Lipinski definition) is 0. The summed E-state index contributed by atoms with van der Waals surface area (Å²) < 4.78 is 0. The van der Waals surface area contributed by atoms with Crippen LogP contribution in [0.1, 0.15) is 0 Å². The first-order valence-electron chi connectivity index (χ1n) is 2.41. The monoisotopic (exact) mass is 174 g/mol. The van der Waals surface area contributed by atoms with E-state index in [1.54, 1.807) is 12.1 Å². The number of rotatable bonds is 0. The maximum absolute atomic E-state index is 6.00. The lowest BCUT2D eigenvalue weighted by Gasteiger charge is -1.88. The van der Waals surface area contributed by atoms with Gasteiger partial charge in [-0.2, -0.15) is 0 Å². The highest BCUT2D eigenvalue weighted by Gasteiger charge is 1.89. The zero-order chi connectivity index (χ0) is 7.98. The van der Waals surface area contributed by atoms with E-state index < -0.39 is 0 Å². The highest BCUT2D eigenvalue weighted by atomic mass is 35.5. The van der Waals surface area contributed by atoms with Gasteiger partial charge in [0.2, 0.25) is 0 Å². The third-order valence-electron chi connectivity index (χ3n) is 0.824. The van der Waals surface area contributed by atoms with Crippen LogP contribution in [-0.2, 0) is 0 Å². The van der Waals surface area contributed by atoms with E-state index >= 15 is 0 Å². The van der Waals surface area contributed by atoms with Gasteiger partial charge in [-0.25, -0.2) is 0 Å². The average molecular weight is 175 g/mol. The van der Waals surface area contributed by atoms with Gasteiger partial charge in [0.15, 0.2) is 0 Å². The van der Waals surface area contributed by atoms with Gasteiger partial charge < -0.3 is 0 Å². The third-order valence-corrected chi connectivity index (χ3v) is 1.58. The second-order valence-electron chi connectivity index (χ2n) is 1.41. The van der Waals surface area contributed by atoms with Crippen molar-refractivity contribution >= 4 is 23.2 Å². The second kappa shape index (κ2) is 5.04. The summed E-state index contributed by atoms with van der Waals surface area (Å²) in [7, 11) is 0. The van der Waals surface area contributed by atoms with Crippen molar-refractivity contribution in [3.05, 3.63) is 34.3 Å². The Hall–Kier alpha value is -0.780. The zero-order valence-corrected chi connectivity index (χ0v) is 6.47. The molecule has 0 saturated heterocycles. The Balaban J connectivity index is 0.000000371. The topological polar surface area (TPSA) is 47.6 Å². The normalized spacial score (nSPS) is 7.60. The smallest absolute Gasteiger partial charge is 0.0592 e. The molecule has 1 rings (SSSR count). The van der Waals surface area contributed by atoms with Crippen molar-refractivity contribution in [2.75, 3.05) is 0 Å².